The Labute approximate surface area is 236 Å². The van der Waals surface area contributed by atoms with Gasteiger partial charge in [-0.2, -0.15) is 0 Å². The fourth-order valence-corrected chi connectivity index (χ4v) is 9.50. The summed E-state index contributed by atoms with van der Waals surface area (Å²) in [6.45, 7) is 14.7. The number of nitrogens with zero attached hydrogens (tertiary/aromatic N) is 2. The van der Waals surface area contributed by atoms with Gasteiger partial charge in [0.05, 0.1) is 16.6 Å². The summed E-state index contributed by atoms with van der Waals surface area (Å²) in [6, 6.07) is 5.28. The van der Waals surface area contributed by atoms with E-state index < -0.39 is 22.6 Å². The Balaban J connectivity index is 1.77. The molecule has 7 nitrogen and oxygen atoms in total. The molecule has 3 aliphatic heterocycles. The topological polar surface area (TPSA) is 87.2 Å². The summed E-state index contributed by atoms with van der Waals surface area (Å²) >= 11 is 1.66. The molecule has 1 N–H and O–H groups in total. The molecule has 3 fully saturated rings. The fourth-order valence-electron chi connectivity index (χ4n) is 7.09. The monoisotopic (exact) mass is 554 g/mol. The number of unbranched alkanes of at least 4 members (excludes halogenated alkanes) is 3. The lowest BCUT2D eigenvalue weighted by atomic mass is 9.66. The summed E-state index contributed by atoms with van der Waals surface area (Å²) < 4.78 is 4.79. The number of para-hydroxylation sites is 1. The fraction of sp³-hybridized carbons (Fsp3) is 0.581. The average molecular weight is 555 g/mol. The van der Waals surface area contributed by atoms with E-state index in [0.717, 1.165) is 42.5 Å². The molecule has 212 valence electrons. The first kappa shape index (κ1) is 29.4. The number of anilines is 1. The van der Waals surface area contributed by atoms with Gasteiger partial charge in [-0.05, 0) is 50.2 Å². The summed E-state index contributed by atoms with van der Waals surface area (Å²) in [5, 5.41) is 9.12. The second-order valence-electron chi connectivity index (χ2n) is 11.1. The van der Waals surface area contributed by atoms with E-state index in [9.17, 15) is 19.5 Å². The molecule has 1 spiro atoms. The molecule has 0 saturated carbocycles. The first-order chi connectivity index (χ1) is 18.7. The molecule has 3 aliphatic rings. The number of rotatable bonds is 13. The number of hydrogen-bond donors (Lipinski definition) is 1. The Bertz CT molecular complexity index is 1100. The van der Waals surface area contributed by atoms with Gasteiger partial charge in [0, 0.05) is 30.6 Å². The molecule has 39 heavy (non-hydrogen) atoms. The van der Waals surface area contributed by atoms with Crippen molar-refractivity contribution in [2.24, 2.45) is 17.8 Å². The number of aryl methyl sites for hydroxylation is 2. The summed E-state index contributed by atoms with van der Waals surface area (Å²) in [6.07, 6.45) is 7.20. The van der Waals surface area contributed by atoms with E-state index in [-0.39, 0.29) is 42.2 Å². The van der Waals surface area contributed by atoms with Gasteiger partial charge in [0.25, 0.3) is 5.91 Å². The molecule has 0 aromatic heterocycles. The summed E-state index contributed by atoms with van der Waals surface area (Å²) in [5.74, 6) is -1.67. The minimum Gasteiger partial charge on any atom is -0.461 e. The van der Waals surface area contributed by atoms with E-state index in [1.807, 2.05) is 32.0 Å². The van der Waals surface area contributed by atoms with Gasteiger partial charge in [0.1, 0.15) is 12.6 Å². The maximum absolute atomic E-state index is 14.8. The summed E-state index contributed by atoms with van der Waals surface area (Å²) in [7, 11) is 0. The summed E-state index contributed by atoms with van der Waals surface area (Å²) in [5.41, 5.74) is 2.83. The average Bonchev–Trinajstić information content (AvgIpc) is 3.50. The van der Waals surface area contributed by atoms with Crippen molar-refractivity contribution in [3.8, 4) is 0 Å². The third-order valence-electron chi connectivity index (χ3n) is 8.69. The highest BCUT2D eigenvalue weighted by Gasteiger charge is 2.76. The molecule has 2 amide bonds. The highest BCUT2D eigenvalue weighted by atomic mass is 32.2. The van der Waals surface area contributed by atoms with Crippen LogP contribution in [0.2, 0.25) is 0 Å². The van der Waals surface area contributed by atoms with Crippen molar-refractivity contribution in [3.05, 3.63) is 54.6 Å². The molecule has 0 radical (unpaired) electrons. The quantitative estimate of drug-likeness (QED) is 0.220. The van der Waals surface area contributed by atoms with Crippen molar-refractivity contribution < 1.29 is 24.2 Å². The van der Waals surface area contributed by atoms with Crippen molar-refractivity contribution >= 4 is 35.2 Å². The highest BCUT2D eigenvalue weighted by molar-refractivity contribution is 8.02. The van der Waals surface area contributed by atoms with Crippen molar-refractivity contribution in [2.45, 2.75) is 68.9 Å². The third-order valence-corrected chi connectivity index (χ3v) is 10.8. The molecule has 4 rings (SSSR count). The van der Waals surface area contributed by atoms with Crippen LogP contribution in [0.15, 0.2) is 43.5 Å². The van der Waals surface area contributed by atoms with Crippen LogP contribution in [0.5, 0.6) is 0 Å². The van der Waals surface area contributed by atoms with Crippen LogP contribution in [0, 0.1) is 31.6 Å². The minimum absolute atomic E-state index is 0.0543. The largest absolute Gasteiger partial charge is 0.461 e. The molecule has 3 unspecified atom stereocenters. The lowest BCUT2D eigenvalue weighted by molar-refractivity contribution is -0.153. The van der Waals surface area contributed by atoms with Gasteiger partial charge in [0.15, 0.2) is 0 Å². The van der Waals surface area contributed by atoms with E-state index in [0.29, 0.717) is 19.5 Å². The molecule has 0 aliphatic carbocycles. The summed E-state index contributed by atoms with van der Waals surface area (Å²) in [4.78, 5) is 45.8. The lowest BCUT2D eigenvalue weighted by Gasteiger charge is -2.41. The first-order valence-corrected chi connectivity index (χ1v) is 15.0. The second kappa shape index (κ2) is 12.3. The van der Waals surface area contributed by atoms with E-state index in [4.69, 9.17) is 4.74 Å². The van der Waals surface area contributed by atoms with Crippen LogP contribution in [0.1, 0.15) is 50.2 Å². The number of ether oxygens (including phenoxy) is 1. The zero-order chi connectivity index (χ0) is 28.3. The molecular formula is C31H42N2O5S. The second-order valence-corrected chi connectivity index (χ2v) is 12.7. The first-order valence-electron chi connectivity index (χ1n) is 14.1. The number of aliphatic hydroxyl groups is 1. The molecule has 1 aromatic rings. The van der Waals surface area contributed by atoms with Gasteiger partial charge in [-0.15, -0.1) is 18.3 Å². The standard InChI is InChI=1S/C31H42N2O5S/c1-6-15-32(26-20(3)13-12-14-21(26)4)29(36)27-31-22(5)19-23(39-31)24(30(37)38-18-7-2)25(31)28(35)33(27)16-10-8-9-11-17-34/h6-7,12-14,22-25,27,34H,1-2,8-11,15-19H2,3-5H3/t22?,23-,24+,25-,27?,31?/m0/s1. The number of amides is 2. The molecule has 3 heterocycles. The van der Waals surface area contributed by atoms with Crippen molar-refractivity contribution in [2.75, 3.05) is 31.2 Å². The van der Waals surface area contributed by atoms with Gasteiger partial charge in [0.2, 0.25) is 5.91 Å². The van der Waals surface area contributed by atoms with Crippen molar-refractivity contribution in [1.29, 1.82) is 0 Å². The van der Waals surface area contributed by atoms with Gasteiger partial charge in [-0.3, -0.25) is 14.4 Å². The van der Waals surface area contributed by atoms with Gasteiger partial charge >= 0.3 is 5.97 Å². The van der Waals surface area contributed by atoms with Gasteiger partial charge in [-0.25, -0.2) is 0 Å². The molecule has 1 aromatic carbocycles. The zero-order valence-electron chi connectivity index (χ0n) is 23.4. The van der Waals surface area contributed by atoms with E-state index in [1.165, 1.54) is 6.08 Å². The molecule has 3 saturated heterocycles. The Kier molecular flexibility index (Phi) is 9.27. The Morgan fingerprint density at radius 1 is 1.18 bits per heavy atom. The molecular weight excluding hydrogens is 512 g/mol. The molecule has 6 atom stereocenters. The normalized spacial score (nSPS) is 28.9. The number of hydrogen-bond acceptors (Lipinski definition) is 6. The smallest absolute Gasteiger partial charge is 0.311 e. The Hall–Kier alpha value is -2.58. The predicted octanol–water partition coefficient (Wildman–Crippen LogP) is 4.44. The molecule has 8 heteroatoms. The minimum atomic E-state index is -0.697. The maximum Gasteiger partial charge on any atom is 0.311 e. The van der Waals surface area contributed by atoms with E-state index in [1.54, 1.807) is 27.6 Å². The zero-order valence-corrected chi connectivity index (χ0v) is 24.3. The number of fused-ring (bicyclic) bond motifs is 1. The van der Waals surface area contributed by atoms with E-state index >= 15 is 0 Å². The number of likely N-dealkylation sites (tertiary alicyclic amines) is 1. The Morgan fingerprint density at radius 3 is 2.51 bits per heavy atom. The number of esters is 1. The van der Waals surface area contributed by atoms with Crippen LogP contribution >= 0.6 is 11.8 Å². The third kappa shape index (κ3) is 5.06. The van der Waals surface area contributed by atoms with Crippen molar-refractivity contribution in [3.63, 3.8) is 0 Å². The van der Waals surface area contributed by atoms with Crippen LogP contribution in [0.3, 0.4) is 0 Å². The SMILES string of the molecule is C=CCOC(=O)[C@@H]1[C@@H]2CC(C)C3(S2)C(C(=O)N(CC=C)c2c(C)cccc2C)N(CCCCCCO)C(=O)[C@H]13. The van der Waals surface area contributed by atoms with Crippen LogP contribution in [-0.2, 0) is 19.1 Å². The number of aliphatic hydroxyl groups excluding tert-OH is 1. The van der Waals surface area contributed by atoms with Crippen LogP contribution < -0.4 is 4.90 Å². The molecule has 2 bridgehead atoms. The van der Waals surface area contributed by atoms with Crippen LogP contribution in [0.4, 0.5) is 5.69 Å². The van der Waals surface area contributed by atoms with E-state index in [2.05, 4.69) is 20.1 Å². The van der Waals surface area contributed by atoms with Crippen LogP contribution in [-0.4, -0.2) is 70.1 Å². The van der Waals surface area contributed by atoms with Gasteiger partial charge < -0.3 is 19.6 Å². The number of carbonyl (C=O) groups is 3. The van der Waals surface area contributed by atoms with Gasteiger partial charge in [-0.1, -0.05) is 56.7 Å². The van der Waals surface area contributed by atoms with Crippen molar-refractivity contribution in [1.82, 2.24) is 4.90 Å². The Morgan fingerprint density at radius 2 is 1.87 bits per heavy atom. The number of benzene rings is 1. The maximum atomic E-state index is 14.8. The lowest BCUT2D eigenvalue weighted by Crippen LogP contribution is -2.57. The number of thioether (sulfide) groups is 1. The van der Waals surface area contributed by atoms with Crippen LogP contribution in [0.25, 0.3) is 0 Å². The predicted molar refractivity (Wildman–Crippen MR) is 156 cm³/mol. The number of carbonyl (C=O) groups excluding carboxylic acids is 3. The highest BCUT2D eigenvalue weighted by Crippen LogP contribution is 2.68.